The number of carbonyl (C=O) groups excluding carboxylic acids is 1. The first kappa shape index (κ1) is 16.6. The van der Waals surface area contributed by atoms with Gasteiger partial charge in [0, 0.05) is 26.2 Å². The van der Waals surface area contributed by atoms with Crippen molar-refractivity contribution >= 4 is 15.9 Å². The number of amides is 1. The van der Waals surface area contributed by atoms with Crippen LogP contribution in [0, 0.1) is 0 Å². The maximum absolute atomic E-state index is 12.0. The molecule has 1 rings (SSSR count). The standard InChI is InChI=1S/C13H21N3O3S/c1-16(2)20(18,19)10-9-15-13(17)12-6-4-3-5-11(12)7-8-14/h3-6H,7-10,14H2,1-2H3,(H,15,17). The van der Waals surface area contributed by atoms with Gasteiger partial charge >= 0.3 is 0 Å². The van der Waals surface area contributed by atoms with E-state index in [4.69, 9.17) is 5.73 Å². The number of rotatable bonds is 7. The lowest BCUT2D eigenvalue weighted by Gasteiger charge is -2.12. The van der Waals surface area contributed by atoms with Gasteiger partial charge in [0.2, 0.25) is 10.0 Å². The van der Waals surface area contributed by atoms with Gasteiger partial charge in [0.05, 0.1) is 5.75 Å². The fraction of sp³-hybridized carbons (Fsp3) is 0.462. The minimum Gasteiger partial charge on any atom is -0.351 e. The molecule has 0 bridgehead atoms. The lowest BCUT2D eigenvalue weighted by molar-refractivity contribution is 0.0955. The molecule has 1 aromatic rings. The maximum Gasteiger partial charge on any atom is 0.251 e. The Labute approximate surface area is 120 Å². The van der Waals surface area contributed by atoms with Crippen LogP contribution in [0.3, 0.4) is 0 Å². The second-order valence-electron chi connectivity index (χ2n) is 4.55. The van der Waals surface area contributed by atoms with E-state index in [9.17, 15) is 13.2 Å². The molecule has 0 atom stereocenters. The van der Waals surface area contributed by atoms with Crippen LogP contribution in [0.1, 0.15) is 15.9 Å². The minimum absolute atomic E-state index is 0.0797. The average Bonchev–Trinajstić information content (AvgIpc) is 2.39. The Morgan fingerprint density at radius 3 is 2.55 bits per heavy atom. The molecule has 0 aromatic heterocycles. The van der Waals surface area contributed by atoms with E-state index in [1.54, 1.807) is 12.1 Å². The molecule has 6 nitrogen and oxygen atoms in total. The summed E-state index contributed by atoms with van der Waals surface area (Å²) in [5, 5.41) is 2.62. The molecule has 0 unspecified atom stereocenters. The average molecular weight is 299 g/mol. The molecule has 0 saturated heterocycles. The van der Waals surface area contributed by atoms with Crippen LogP contribution in [-0.2, 0) is 16.4 Å². The van der Waals surface area contributed by atoms with Gasteiger partial charge in [-0.25, -0.2) is 12.7 Å². The van der Waals surface area contributed by atoms with Crippen molar-refractivity contribution < 1.29 is 13.2 Å². The largest absolute Gasteiger partial charge is 0.351 e. The zero-order valence-electron chi connectivity index (χ0n) is 11.8. The van der Waals surface area contributed by atoms with E-state index in [1.165, 1.54) is 14.1 Å². The van der Waals surface area contributed by atoms with E-state index >= 15 is 0 Å². The first-order valence-corrected chi connectivity index (χ1v) is 7.96. The molecule has 112 valence electrons. The van der Waals surface area contributed by atoms with Crippen molar-refractivity contribution in [3.8, 4) is 0 Å². The van der Waals surface area contributed by atoms with Crippen molar-refractivity contribution in [2.45, 2.75) is 6.42 Å². The second kappa shape index (κ2) is 7.37. The van der Waals surface area contributed by atoms with Gasteiger partial charge in [-0.15, -0.1) is 0 Å². The zero-order chi connectivity index (χ0) is 15.2. The molecule has 0 aliphatic rings. The molecule has 0 aliphatic carbocycles. The van der Waals surface area contributed by atoms with Crippen LogP contribution in [0.5, 0.6) is 0 Å². The highest BCUT2D eigenvalue weighted by atomic mass is 32.2. The molecular weight excluding hydrogens is 278 g/mol. The molecule has 3 N–H and O–H groups in total. The first-order chi connectivity index (χ1) is 9.38. The summed E-state index contributed by atoms with van der Waals surface area (Å²) in [6, 6.07) is 7.17. The quantitative estimate of drug-likeness (QED) is 0.730. The Morgan fingerprint density at radius 1 is 1.30 bits per heavy atom. The topological polar surface area (TPSA) is 92.5 Å². The van der Waals surface area contributed by atoms with Gasteiger partial charge in [-0.2, -0.15) is 0 Å². The molecule has 0 radical (unpaired) electrons. The van der Waals surface area contributed by atoms with Gasteiger partial charge in [-0.1, -0.05) is 18.2 Å². The molecule has 0 saturated carbocycles. The third-order valence-electron chi connectivity index (χ3n) is 2.88. The highest BCUT2D eigenvalue weighted by Crippen LogP contribution is 2.09. The summed E-state index contributed by atoms with van der Waals surface area (Å²) in [6.45, 7) is 0.537. The van der Waals surface area contributed by atoms with Gasteiger partial charge in [-0.05, 0) is 24.6 Å². The van der Waals surface area contributed by atoms with Crippen molar-refractivity contribution in [2.75, 3.05) is 32.9 Å². The van der Waals surface area contributed by atoms with Crippen molar-refractivity contribution in [1.29, 1.82) is 0 Å². The van der Waals surface area contributed by atoms with Gasteiger partial charge in [0.15, 0.2) is 0 Å². The Bertz CT molecular complexity index is 556. The molecule has 7 heteroatoms. The predicted octanol–water partition coefficient (Wildman–Crippen LogP) is -0.191. The maximum atomic E-state index is 12.0. The number of nitrogens with two attached hydrogens (primary N) is 1. The van der Waals surface area contributed by atoms with E-state index < -0.39 is 10.0 Å². The van der Waals surface area contributed by atoms with Gasteiger partial charge < -0.3 is 11.1 Å². The number of sulfonamides is 1. The molecule has 1 amide bonds. The predicted molar refractivity (Wildman–Crippen MR) is 79.0 cm³/mol. The molecule has 0 fully saturated rings. The highest BCUT2D eigenvalue weighted by Gasteiger charge is 2.15. The normalized spacial score (nSPS) is 11.6. The molecule has 0 spiro atoms. The third kappa shape index (κ3) is 4.59. The van der Waals surface area contributed by atoms with Crippen molar-refractivity contribution in [1.82, 2.24) is 9.62 Å². The van der Waals surface area contributed by atoms with Crippen LogP contribution in [-0.4, -0.2) is 51.6 Å². The fourth-order valence-electron chi connectivity index (χ4n) is 1.69. The Balaban J connectivity index is 2.64. The van der Waals surface area contributed by atoms with E-state index in [-0.39, 0.29) is 18.2 Å². The fourth-order valence-corrected chi connectivity index (χ4v) is 2.41. The number of nitrogens with one attached hydrogen (secondary N) is 1. The second-order valence-corrected chi connectivity index (χ2v) is 6.85. The van der Waals surface area contributed by atoms with E-state index in [1.807, 2.05) is 12.1 Å². The summed E-state index contributed by atoms with van der Waals surface area (Å²) in [7, 11) is -0.366. The Hall–Kier alpha value is -1.44. The van der Waals surface area contributed by atoms with Crippen LogP contribution < -0.4 is 11.1 Å². The monoisotopic (exact) mass is 299 g/mol. The van der Waals surface area contributed by atoms with E-state index in [0.717, 1.165) is 9.87 Å². The minimum atomic E-state index is -3.30. The smallest absolute Gasteiger partial charge is 0.251 e. The van der Waals surface area contributed by atoms with Gasteiger partial charge in [-0.3, -0.25) is 4.79 Å². The Kier molecular flexibility index (Phi) is 6.12. The van der Waals surface area contributed by atoms with Crippen LogP contribution in [0.15, 0.2) is 24.3 Å². The molecule has 0 aliphatic heterocycles. The van der Waals surface area contributed by atoms with Crippen LogP contribution in [0.4, 0.5) is 0 Å². The number of hydrogen-bond donors (Lipinski definition) is 2. The highest BCUT2D eigenvalue weighted by molar-refractivity contribution is 7.89. The van der Waals surface area contributed by atoms with Crippen LogP contribution in [0.2, 0.25) is 0 Å². The summed E-state index contributed by atoms with van der Waals surface area (Å²) in [6.07, 6.45) is 0.611. The molecule has 20 heavy (non-hydrogen) atoms. The van der Waals surface area contributed by atoms with Crippen LogP contribution >= 0.6 is 0 Å². The lowest BCUT2D eigenvalue weighted by atomic mass is 10.0. The summed E-state index contributed by atoms with van der Waals surface area (Å²) < 4.78 is 24.3. The summed E-state index contributed by atoms with van der Waals surface area (Å²) in [5.41, 5.74) is 6.91. The zero-order valence-corrected chi connectivity index (χ0v) is 12.6. The number of carbonyl (C=O) groups is 1. The SMILES string of the molecule is CN(C)S(=O)(=O)CCNC(=O)c1ccccc1CCN. The van der Waals surface area contributed by atoms with Crippen molar-refractivity contribution in [3.05, 3.63) is 35.4 Å². The number of hydrogen-bond acceptors (Lipinski definition) is 4. The molecular formula is C13H21N3O3S. The van der Waals surface area contributed by atoms with Crippen molar-refractivity contribution in [2.24, 2.45) is 5.73 Å². The van der Waals surface area contributed by atoms with E-state index in [0.29, 0.717) is 18.5 Å². The molecule has 1 aromatic carbocycles. The lowest BCUT2D eigenvalue weighted by Crippen LogP contribution is -2.34. The van der Waals surface area contributed by atoms with Crippen LogP contribution in [0.25, 0.3) is 0 Å². The van der Waals surface area contributed by atoms with E-state index in [2.05, 4.69) is 5.32 Å². The molecule has 0 heterocycles. The van der Waals surface area contributed by atoms with Crippen molar-refractivity contribution in [3.63, 3.8) is 0 Å². The third-order valence-corrected chi connectivity index (χ3v) is 4.71. The van der Waals surface area contributed by atoms with Gasteiger partial charge in [0.25, 0.3) is 5.91 Å². The number of nitrogens with zero attached hydrogens (tertiary/aromatic N) is 1. The van der Waals surface area contributed by atoms with Gasteiger partial charge in [0.1, 0.15) is 0 Å². The summed E-state index contributed by atoms with van der Waals surface area (Å²) in [5.74, 6) is -0.395. The Morgan fingerprint density at radius 2 is 1.95 bits per heavy atom. The first-order valence-electron chi connectivity index (χ1n) is 6.35. The number of benzene rings is 1. The summed E-state index contributed by atoms with van der Waals surface area (Å²) >= 11 is 0. The summed E-state index contributed by atoms with van der Waals surface area (Å²) in [4.78, 5) is 12.0.